The average Bonchev–Trinajstić information content (AvgIpc) is 2.49. The first-order valence-electron chi connectivity index (χ1n) is 7.08. The van der Waals surface area contributed by atoms with Gasteiger partial charge in [0.05, 0.1) is 11.6 Å². The van der Waals surface area contributed by atoms with Crippen molar-refractivity contribution in [1.29, 1.82) is 5.26 Å². The molecule has 0 bridgehead atoms. The van der Waals surface area contributed by atoms with Crippen LogP contribution in [0, 0.1) is 11.3 Å². The Kier molecular flexibility index (Phi) is 6.39. The zero-order valence-electron chi connectivity index (χ0n) is 13.7. The number of nitrogens with one attached hydrogen (secondary N) is 2. The van der Waals surface area contributed by atoms with Gasteiger partial charge in [-0.1, -0.05) is 6.07 Å². The lowest BCUT2D eigenvalue weighted by Crippen LogP contribution is -2.32. The molecule has 0 aliphatic carbocycles. The number of amides is 2. The third kappa shape index (κ3) is 6.70. The highest BCUT2D eigenvalue weighted by Crippen LogP contribution is 2.20. The molecule has 0 atom stereocenters. The van der Waals surface area contributed by atoms with Gasteiger partial charge >= 0.3 is 6.09 Å². The van der Waals surface area contributed by atoms with Gasteiger partial charge in [-0.3, -0.25) is 4.79 Å². The van der Waals surface area contributed by atoms with Crippen LogP contribution in [0.15, 0.2) is 18.2 Å². The maximum atomic E-state index is 11.7. The molecule has 0 aliphatic rings. The van der Waals surface area contributed by atoms with Crippen molar-refractivity contribution in [2.75, 3.05) is 13.7 Å². The van der Waals surface area contributed by atoms with Gasteiger partial charge in [-0.25, -0.2) is 4.79 Å². The second-order valence-electron chi connectivity index (χ2n) is 5.75. The van der Waals surface area contributed by atoms with Crippen LogP contribution < -0.4 is 15.4 Å². The van der Waals surface area contributed by atoms with Crippen LogP contribution in [-0.4, -0.2) is 31.3 Å². The Labute approximate surface area is 135 Å². The van der Waals surface area contributed by atoms with Crippen LogP contribution in [0.5, 0.6) is 5.75 Å². The average molecular weight is 319 g/mol. The zero-order valence-corrected chi connectivity index (χ0v) is 13.7. The molecule has 7 nitrogen and oxygen atoms in total. The molecule has 0 aromatic heterocycles. The molecule has 1 rings (SSSR count). The summed E-state index contributed by atoms with van der Waals surface area (Å²) in [6.45, 7) is 5.29. The van der Waals surface area contributed by atoms with Gasteiger partial charge in [0.25, 0.3) is 5.91 Å². The van der Waals surface area contributed by atoms with E-state index in [1.165, 1.54) is 13.1 Å². The predicted molar refractivity (Wildman–Crippen MR) is 83.8 cm³/mol. The number of likely N-dealkylation sites (N-methyl/N-ethyl adjacent to an activating group) is 1. The summed E-state index contributed by atoms with van der Waals surface area (Å²) in [5, 5.41) is 14.0. The fourth-order valence-electron chi connectivity index (χ4n) is 1.60. The van der Waals surface area contributed by atoms with Crippen LogP contribution in [0.2, 0.25) is 0 Å². The number of carbonyl (C=O) groups is 2. The number of hydrogen-bond acceptors (Lipinski definition) is 5. The van der Waals surface area contributed by atoms with E-state index in [0.717, 1.165) is 0 Å². The highest BCUT2D eigenvalue weighted by Gasteiger charge is 2.16. The third-order valence-corrected chi connectivity index (χ3v) is 2.66. The number of benzene rings is 1. The lowest BCUT2D eigenvalue weighted by Gasteiger charge is -2.20. The Hall–Kier alpha value is -2.75. The molecule has 0 spiro atoms. The Morgan fingerprint density at radius 1 is 1.30 bits per heavy atom. The van der Waals surface area contributed by atoms with Crippen molar-refractivity contribution in [3.8, 4) is 11.8 Å². The monoisotopic (exact) mass is 319 g/mol. The lowest BCUT2D eigenvalue weighted by atomic mass is 10.1. The molecule has 7 heteroatoms. The molecule has 23 heavy (non-hydrogen) atoms. The third-order valence-electron chi connectivity index (χ3n) is 2.66. The summed E-state index contributed by atoms with van der Waals surface area (Å²) in [5.74, 6) is 0.0714. The Morgan fingerprint density at radius 2 is 2.00 bits per heavy atom. The minimum atomic E-state index is -0.590. The van der Waals surface area contributed by atoms with Crippen LogP contribution in [-0.2, 0) is 16.1 Å². The van der Waals surface area contributed by atoms with Crippen molar-refractivity contribution in [3.63, 3.8) is 0 Å². The Bertz CT molecular complexity index is 615. The molecule has 1 aromatic rings. The Morgan fingerprint density at radius 3 is 2.57 bits per heavy atom. The van der Waals surface area contributed by atoms with Gasteiger partial charge < -0.3 is 20.1 Å². The van der Waals surface area contributed by atoms with Crippen molar-refractivity contribution in [1.82, 2.24) is 10.6 Å². The van der Waals surface area contributed by atoms with Crippen LogP contribution in [0.1, 0.15) is 31.9 Å². The van der Waals surface area contributed by atoms with E-state index in [2.05, 4.69) is 10.6 Å². The summed E-state index contributed by atoms with van der Waals surface area (Å²) in [4.78, 5) is 23.0. The minimum Gasteiger partial charge on any atom is -0.483 e. The highest BCUT2D eigenvalue weighted by atomic mass is 16.6. The van der Waals surface area contributed by atoms with Crippen molar-refractivity contribution < 1.29 is 19.1 Å². The molecule has 0 radical (unpaired) electrons. The second kappa shape index (κ2) is 8.03. The van der Waals surface area contributed by atoms with Gasteiger partial charge in [-0.2, -0.15) is 5.26 Å². The van der Waals surface area contributed by atoms with Crippen LogP contribution in [0.3, 0.4) is 0 Å². The van der Waals surface area contributed by atoms with Gasteiger partial charge in [-0.05, 0) is 32.9 Å². The van der Waals surface area contributed by atoms with Gasteiger partial charge in [0.1, 0.15) is 11.4 Å². The first-order chi connectivity index (χ1) is 10.7. The largest absolute Gasteiger partial charge is 0.483 e. The van der Waals surface area contributed by atoms with E-state index in [1.807, 2.05) is 6.07 Å². The van der Waals surface area contributed by atoms with E-state index >= 15 is 0 Å². The van der Waals surface area contributed by atoms with Gasteiger partial charge in [0.15, 0.2) is 6.61 Å². The highest BCUT2D eigenvalue weighted by molar-refractivity contribution is 5.77. The molecule has 0 fully saturated rings. The molecular weight excluding hydrogens is 298 g/mol. The smallest absolute Gasteiger partial charge is 0.407 e. The summed E-state index contributed by atoms with van der Waals surface area (Å²) in [7, 11) is 1.50. The molecule has 2 N–H and O–H groups in total. The van der Waals surface area contributed by atoms with E-state index in [4.69, 9.17) is 14.7 Å². The van der Waals surface area contributed by atoms with Crippen molar-refractivity contribution in [2.24, 2.45) is 0 Å². The molecule has 124 valence electrons. The van der Waals surface area contributed by atoms with Crippen molar-refractivity contribution >= 4 is 12.0 Å². The van der Waals surface area contributed by atoms with Crippen LogP contribution >= 0.6 is 0 Å². The van der Waals surface area contributed by atoms with E-state index in [-0.39, 0.29) is 19.1 Å². The number of hydrogen-bond donors (Lipinski definition) is 2. The quantitative estimate of drug-likeness (QED) is 0.860. The van der Waals surface area contributed by atoms with Gasteiger partial charge in [0, 0.05) is 19.2 Å². The summed E-state index contributed by atoms with van der Waals surface area (Å²) in [6.07, 6.45) is -0.556. The molecule has 0 saturated carbocycles. The number of nitriles is 1. The molecule has 0 aliphatic heterocycles. The molecular formula is C16H21N3O4. The van der Waals surface area contributed by atoms with E-state index in [1.54, 1.807) is 32.9 Å². The second-order valence-corrected chi connectivity index (χ2v) is 5.75. The van der Waals surface area contributed by atoms with E-state index < -0.39 is 11.7 Å². The normalized spacial score (nSPS) is 10.4. The number of rotatable bonds is 5. The molecule has 1 aromatic carbocycles. The van der Waals surface area contributed by atoms with Crippen LogP contribution in [0.4, 0.5) is 4.79 Å². The predicted octanol–water partition coefficient (Wildman–Crippen LogP) is 1.71. The molecule has 0 heterocycles. The minimum absolute atomic E-state index is 0.156. The van der Waals surface area contributed by atoms with E-state index in [0.29, 0.717) is 16.9 Å². The zero-order chi connectivity index (χ0) is 17.5. The number of carbonyl (C=O) groups excluding carboxylic acids is 2. The first kappa shape index (κ1) is 18.3. The van der Waals surface area contributed by atoms with Crippen molar-refractivity contribution in [3.05, 3.63) is 29.3 Å². The molecule has 0 unspecified atom stereocenters. The van der Waals surface area contributed by atoms with E-state index in [9.17, 15) is 9.59 Å². The van der Waals surface area contributed by atoms with Crippen molar-refractivity contribution in [2.45, 2.75) is 32.9 Å². The maximum absolute atomic E-state index is 11.7. The first-order valence-corrected chi connectivity index (χ1v) is 7.08. The molecule has 0 saturated heterocycles. The summed E-state index contributed by atoms with van der Waals surface area (Å²) in [6, 6.07) is 6.79. The Balaban J connectivity index is 2.78. The molecule has 2 amide bonds. The fourth-order valence-corrected chi connectivity index (χ4v) is 1.60. The number of alkyl carbamates (subject to hydrolysis) is 1. The summed E-state index contributed by atoms with van der Waals surface area (Å²) < 4.78 is 10.6. The standard InChI is InChI=1S/C16H21N3O4/c1-16(2,3)23-15(21)19-9-12-6-5-11(8-17)7-13(12)22-10-14(20)18-4/h5-7H,9-10H2,1-4H3,(H,18,20)(H,19,21). The van der Waals surface area contributed by atoms with Gasteiger partial charge in [-0.15, -0.1) is 0 Å². The topological polar surface area (TPSA) is 100 Å². The van der Waals surface area contributed by atoms with Crippen LogP contribution in [0.25, 0.3) is 0 Å². The van der Waals surface area contributed by atoms with Gasteiger partial charge in [0.2, 0.25) is 0 Å². The maximum Gasteiger partial charge on any atom is 0.407 e. The lowest BCUT2D eigenvalue weighted by molar-refractivity contribution is -0.122. The number of nitrogens with zero attached hydrogens (tertiary/aromatic N) is 1. The SMILES string of the molecule is CNC(=O)COc1cc(C#N)ccc1CNC(=O)OC(C)(C)C. The summed E-state index contributed by atoms with van der Waals surface area (Å²) >= 11 is 0. The summed E-state index contributed by atoms with van der Waals surface area (Å²) in [5.41, 5.74) is 0.449. The fraction of sp³-hybridized carbons (Fsp3) is 0.438. The number of ether oxygens (including phenoxy) is 2.